The minimum absolute atomic E-state index is 0.120. The minimum atomic E-state index is -1.11. The summed E-state index contributed by atoms with van der Waals surface area (Å²) in [5.41, 5.74) is 0.353. The fraction of sp³-hybridized carbons (Fsp3) is 0.167. The van der Waals surface area contributed by atoms with E-state index >= 15 is 0 Å². The molecule has 0 aromatic heterocycles. The van der Waals surface area contributed by atoms with Crippen LogP contribution in [0.4, 0.5) is 0 Å². The molecule has 0 aliphatic carbocycles. The second-order valence-electron chi connectivity index (χ2n) is 3.59. The van der Waals surface area contributed by atoms with E-state index in [1.165, 1.54) is 12.1 Å². The van der Waals surface area contributed by atoms with E-state index in [0.717, 1.165) is 0 Å². The van der Waals surface area contributed by atoms with Gasteiger partial charge in [0.2, 0.25) is 0 Å². The van der Waals surface area contributed by atoms with Gasteiger partial charge in [0.15, 0.2) is 0 Å². The predicted octanol–water partition coefficient (Wildman–Crippen LogP) is 2.82. The fourth-order valence-electron chi connectivity index (χ4n) is 1.26. The number of halogens is 2. The zero-order valence-electron chi connectivity index (χ0n) is 9.32. The molecule has 2 N–H and O–H groups in total. The maximum absolute atomic E-state index is 11.8. The molecule has 0 saturated heterocycles. The summed E-state index contributed by atoms with van der Waals surface area (Å²) < 4.78 is 0.506. The Morgan fingerprint density at radius 2 is 1.94 bits per heavy atom. The second kappa shape index (κ2) is 6.56. The average Bonchev–Trinajstić information content (AvgIpc) is 2.28. The molecule has 0 fully saturated rings. The lowest BCUT2D eigenvalue weighted by molar-refractivity contribution is -0.139. The lowest BCUT2D eigenvalue weighted by Crippen LogP contribution is -2.40. The largest absolute Gasteiger partial charge is 0.480 e. The number of carboxylic acid groups (broad SMARTS) is 1. The number of carboxylic acids is 1. The van der Waals surface area contributed by atoms with Crippen LogP contribution >= 0.6 is 27.5 Å². The van der Waals surface area contributed by atoms with Crippen LogP contribution in [-0.4, -0.2) is 23.0 Å². The molecule has 0 radical (unpaired) electrons. The number of carbonyl (C=O) groups is 2. The van der Waals surface area contributed by atoms with Crippen molar-refractivity contribution in [3.8, 4) is 0 Å². The standard InChI is InChI=1S/C12H11BrClNO3/c1-7(13)6-10(12(17)18)15-11(16)8-2-4-9(14)5-3-8/h2-5,10H,1,6H2,(H,15,16)(H,17,18)/t10-/m1/s1. The number of hydrogen-bond donors (Lipinski definition) is 2. The van der Waals surface area contributed by atoms with Gasteiger partial charge in [-0.25, -0.2) is 4.79 Å². The fourth-order valence-corrected chi connectivity index (χ4v) is 1.71. The smallest absolute Gasteiger partial charge is 0.326 e. The highest BCUT2D eigenvalue weighted by Crippen LogP contribution is 2.12. The molecule has 0 heterocycles. The van der Waals surface area contributed by atoms with E-state index < -0.39 is 17.9 Å². The molecule has 1 aromatic carbocycles. The van der Waals surface area contributed by atoms with Crippen molar-refractivity contribution in [2.75, 3.05) is 0 Å². The molecule has 6 heteroatoms. The number of amides is 1. The van der Waals surface area contributed by atoms with Gasteiger partial charge in [0, 0.05) is 17.0 Å². The number of hydrogen-bond acceptors (Lipinski definition) is 2. The number of aliphatic carboxylic acids is 1. The first-order valence-electron chi connectivity index (χ1n) is 5.02. The summed E-state index contributed by atoms with van der Waals surface area (Å²) >= 11 is 8.77. The highest BCUT2D eigenvalue weighted by Gasteiger charge is 2.20. The van der Waals surface area contributed by atoms with E-state index in [1.54, 1.807) is 12.1 Å². The van der Waals surface area contributed by atoms with E-state index in [2.05, 4.69) is 27.8 Å². The average molecular weight is 333 g/mol. The molecule has 0 spiro atoms. The van der Waals surface area contributed by atoms with Gasteiger partial charge in [-0.3, -0.25) is 4.79 Å². The first kappa shape index (κ1) is 14.7. The SMILES string of the molecule is C=C(Br)C[C@@H](NC(=O)c1ccc(Cl)cc1)C(=O)O. The summed E-state index contributed by atoms with van der Waals surface area (Å²) in [5, 5.41) is 11.9. The molecule has 1 atom stereocenters. The minimum Gasteiger partial charge on any atom is -0.480 e. The Balaban J connectivity index is 2.75. The monoisotopic (exact) mass is 331 g/mol. The maximum Gasteiger partial charge on any atom is 0.326 e. The first-order valence-corrected chi connectivity index (χ1v) is 6.19. The Hall–Kier alpha value is -1.33. The zero-order chi connectivity index (χ0) is 13.7. The van der Waals surface area contributed by atoms with E-state index in [-0.39, 0.29) is 6.42 Å². The van der Waals surface area contributed by atoms with Gasteiger partial charge in [-0.1, -0.05) is 34.1 Å². The zero-order valence-corrected chi connectivity index (χ0v) is 11.7. The van der Waals surface area contributed by atoms with Gasteiger partial charge in [-0.2, -0.15) is 0 Å². The third-order valence-electron chi connectivity index (χ3n) is 2.14. The quantitative estimate of drug-likeness (QED) is 0.871. The Labute approximate surface area is 118 Å². The van der Waals surface area contributed by atoms with Crippen LogP contribution in [0, 0.1) is 0 Å². The van der Waals surface area contributed by atoms with Crippen LogP contribution < -0.4 is 5.32 Å². The lowest BCUT2D eigenvalue weighted by atomic mass is 10.1. The van der Waals surface area contributed by atoms with Crippen molar-refractivity contribution in [2.24, 2.45) is 0 Å². The van der Waals surface area contributed by atoms with Crippen LogP contribution in [0.15, 0.2) is 35.3 Å². The summed E-state index contributed by atoms with van der Waals surface area (Å²) in [6.07, 6.45) is 0.120. The molecule has 0 bridgehead atoms. The second-order valence-corrected chi connectivity index (χ2v) is 5.15. The van der Waals surface area contributed by atoms with Gasteiger partial charge in [-0.15, -0.1) is 0 Å². The molecule has 1 rings (SSSR count). The van der Waals surface area contributed by atoms with Gasteiger partial charge >= 0.3 is 5.97 Å². The van der Waals surface area contributed by atoms with Crippen LogP contribution in [0.3, 0.4) is 0 Å². The van der Waals surface area contributed by atoms with Crippen molar-refractivity contribution < 1.29 is 14.7 Å². The Morgan fingerprint density at radius 1 is 1.39 bits per heavy atom. The molecule has 1 aromatic rings. The van der Waals surface area contributed by atoms with E-state index in [0.29, 0.717) is 15.1 Å². The number of nitrogens with one attached hydrogen (secondary N) is 1. The topological polar surface area (TPSA) is 66.4 Å². The molecular weight excluding hydrogens is 321 g/mol. The highest BCUT2D eigenvalue weighted by atomic mass is 79.9. The molecule has 0 saturated carbocycles. The van der Waals surface area contributed by atoms with Crippen LogP contribution in [0.25, 0.3) is 0 Å². The summed E-state index contributed by atoms with van der Waals surface area (Å²) in [6.45, 7) is 3.55. The maximum atomic E-state index is 11.8. The number of rotatable bonds is 5. The van der Waals surface area contributed by atoms with Crippen molar-refractivity contribution in [2.45, 2.75) is 12.5 Å². The molecule has 0 aliphatic heterocycles. The third kappa shape index (κ3) is 4.50. The third-order valence-corrected chi connectivity index (χ3v) is 2.71. The van der Waals surface area contributed by atoms with Gasteiger partial charge in [-0.05, 0) is 28.7 Å². The summed E-state index contributed by atoms with van der Waals surface area (Å²) in [7, 11) is 0. The van der Waals surface area contributed by atoms with E-state index in [4.69, 9.17) is 16.7 Å². The molecule has 4 nitrogen and oxygen atoms in total. The normalized spacial score (nSPS) is 11.7. The molecule has 0 unspecified atom stereocenters. The summed E-state index contributed by atoms with van der Waals surface area (Å²) in [6, 6.07) is 5.17. The van der Waals surface area contributed by atoms with E-state index in [1.807, 2.05) is 0 Å². The Kier molecular flexibility index (Phi) is 5.37. The van der Waals surface area contributed by atoms with Crippen LogP contribution in [0.2, 0.25) is 5.02 Å². The molecule has 0 aliphatic rings. The molecule has 1 amide bonds. The van der Waals surface area contributed by atoms with Crippen molar-refractivity contribution >= 4 is 39.4 Å². The molecule has 18 heavy (non-hydrogen) atoms. The molecular formula is C12H11BrClNO3. The Bertz CT molecular complexity index is 473. The van der Waals surface area contributed by atoms with Gasteiger partial charge in [0.05, 0.1) is 0 Å². The van der Waals surface area contributed by atoms with Crippen LogP contribution in [-0.2, 0) is 4.79 Å². The van der Waals surface area contributed by atoms with Crippen LogP contribution in [0.1, 0.15) is 16.8 Å². The van der Waals surface area contributed by atoms with Gasteiger partial charge in [0.1, 0.15) is 6.04 Å². The van der Waals surface area contributed by atoms with Crippen molar-refractivity contribution in [1.82, 2.24) is 5.32 Å². The highest BCUT2D eigenvalue weighted by molar-refractivity contribution is 9.11. The predicted molar refractivity (Wildman–Crippen MR) is 73.0 cm³/mol. The van der Waals surface area contributed by atoms with Crippen LogP contribution in [0.5, 0.6) is 0 Å². The molecule has 96 valence electrons. The van der Waals surface area contributed by atoms with Gasteiger partial charge < -0.3 is 10.4 Å². The number of benzene rings is 1. The van der Waals surface area contributed by atoms with E-state index in [9.17, 15) is 9.59 Å². The van der Waals surface area contributed by atoms with Crippen molar-refractivity contribution in [3.63, 3.8) is 0 Å². The first-order chi connectivity index (χ1) is 8.40. The Morgan fingerprint density at radius 3 is 2.39 bits per heavy atom. The number of carbonyl (C=O) groups excluding carboxylic acids is 1. The summed E-state index contributed by atoms with van der Waals surface area (Å²) in [4.78, 5) is 22.7. The van der Waals surface area contributed by atoms with Crippen molar-refractivity contribution in [1.29, 1.82) is 0 Å². The van der Waals surface area contributed by atoms with Gasteiger partial charge in [0.25, 0.3) is 5.91 Å². The van der Waals surface area contributed by atoms with Crippen molar-refractivity contribution in [3.05, 3.63) is 45.9 Å². The lowest BCUT2D eigenvalue weighted by Gasteiger charge is -2.13. The summed E-state index contributed by atoms with van der Waals surface area (Å²) in [5.74, 6) is -1.58.